The van der Waals surface area contributed by atoms with Crippen molar-refractivity contribution in [2.24, 2.45) is 4.99 Å². The Balaban J connectivity index is 0.00000364. The summed E-state index contributed by atoms with van der Waals surface area (Å²) in [6, 6.07) is 3.71. The lowest BCUT2D eigenvalue weighted by atomic mass is 9.95. The van der Waals surface area contributed by atoms with Crippen molar-refractivity contribution in [3.63, 3.8) is 0 Å². The second kappa shape index (κ2) is 12.5. The SMILES string of the molecule is CCS(=O)C1CCCC(NC(=NC)NCCOc2ccc(F)c(F)c2)C1.I. The average molecular weight is 515 g/mol. The van der Waals surface area contributed by atoms with Gasteiger partial charge in [-0.15, -0.1) is 24.0 Å². The zero-order chi connectivity index (χ0) is 18.9. The van der Waals surface area contributed by atoms with Gasteiger partial charge in [-0.1, -0.05) is 13.3 Å². The number of rotatable bonds is 7. The molecule has 0 aromatic heterocycles. The van der Waals surface area contributed by atoms with E-state index in [-0.39, 0.29) is 41.0 Å². The molecule has 0 bridgehead atoms. The van der Waals surface area contributed by atoms with Crippen molar-refractivity contribution in [2.45, 2.75) is 43.9 Å². The summed E-state index contributed by atoms with van der Waals surface area (Å²) in [5, 5.41) is 6.76. The molecule has 1 saturated carbocycles. The lowest BCUT2D eigenvalue weighted by Gasteiger charge is -2.30. The number of aliphatic imine (C=N–C) groups is 1. The van der Waals surface area contributed by atoms with Crippen molar-refractivity contribution in [2.75, 3.05) is 26.0 Å². The molecule has 5 nitrogen and oxygen atoms in total. The molecule has 1 aliphatic carbocycles. The van der Waals surface area contributed by atoms with E-state index >= 15 is 0 Å². The molecule has 2 N–H and O–H groups in total. The summed E-state index contributed by atoms with van der Waals surface area (Å²) in [6.45, 7) is 2.72. The Hall–Kier alpha value is -0.970. The minimum atomic E-state index is -0.927. The van der Waals surface area contributed by atoms with E-state index in [4.69, 9.17) is 4.74 Å². The van der Waals surface area contributed by atoms with Gasteiger partial charge < -0.3 is 15.4 Å². The first kappa shape index (κ1) is 24.1. The van der Waals surface area contributed by atoms with Gasteiger partial charge in [0.25, 0.3) is 0 Å². The number of nitrogens with zero attached hydrogens (tertiary/aromatic N) is 1. The minimum Gasteiger partial charge on any atom is -0.492 e. The fourth-order valence-corrected chi connectivity index (χ4v) is 4.39. The van der Waals surface area contributed by atoms with Crippen molar-refractivity contribution in [3.05, 3.63) is 29.8 Å². The van der Waals surface area contributed by atoms with Crippen LogP contribution in [0.1, 0.15) is 32.6 Å². The van der Waals surface area contributed by atoms with Crippen LogP contribution in [0.3, 0.4) is 0 Å². The van der Waals surface area contributed by atoms with Gasteiger partial charge in [0.05, 0.1) is 6.54 Å². The first-order valence-corrected chi connectivity index (χ1v) is 10.3. The third kappa shape index (κ3) is 7.89. The van der Waals surface area contributed by atoms with Crippen molar-refractivity contribution in [3.8, 4) is 5.75 Å². The number of ether oxygens (including phenoxy) is 1. The zero-order valence-electron chi connectivity index (χ0n) is 15.7. The first-order valence-electron chi connectivity index (χ1n) is 8.95. The summed E-state index contributed by atoms with van der Waals surface area (Å²) >= 11 is 0. The molecule has 0 saturated heterocycles. The van der Waals surface area contributed by atoms with Gasteiger partial charge in [-0.3, -0.25) is 9.20 Å². The molecule has 0 amide bonds. The van der Waals surface area contributed by atoms with Crippen molar-refractivity contribution in [1.82, 2.24) is 10.6 Å². The molecular weight excluding hydrogens is 487 g/mol. The quantitative estimate of drug-likeness (QED) is 0.254. The Bertz CT molecular complexity index is 649. The summed E-state index contributed by atoms with van der Waals surface area (Å²) in [5.74, 6) is -0.178. The zero-order valence-corrected chi connectivity index (χ0v) is 18.8. The monoisotopic (exact) mass is 515 g/mol. The maximum atomic E-state index is 13.1. The van der Waals surface area contributed by atoms with Crippen molar-refractivity contribution >= 4 is 40.7 Å². The fraction of sp³-hybridized carbons (Fsp3) is 0.611. The summed E-state index contributed by atoms with van der Waals surface area (Å²) in [6.07, 6.45) is 3.99. The topological polar surface area (TPSA) is 62.7 Å². The first-order chi connectivity index (χ1) is 12.5. The molecule has 0 radical (unpaired) electrons. The van der Waals surface area contributed by atoms with Crippen LogP contribution in [0.5, 0.6) is 5.75 Å². The highest BCUT2D eigenvalue weighted by atomic mass is 127. The molecule has 9 heteroatoms. The van der Waals surface area contributed by atoms with E-state index in [1.807, 2.05) is 6.92 Å². The van der Waals surface area contributed by atoms with E-state index in [0.29, 0.717) is 24.9 Å². The summed E-state index contributed by atoms with van der Waals surface area (Å²) < 4.78 is 43.4. The highest BCUT2D eigenvalue weighted by molar-refractivity contribution is 14.0. The third-order valence-corrected chi connectivity index (χ3v) is 6.14. The van der Waals surface area contributed by atoms with Gasteiger partial charge in [-0.05, 0) is 31.4 Å². The Kier molecular flexibility index (Phi) is 11.1. The van der Waals surface area contributed by atoms with Gasteiger partial charge in [-0.2, -0.15) is 0 Å². The van der Waals surface area contributed by atoms with Crippen LogP contribution in [0.4, 0.5) is 8.78 Å². The molecule has 2 rings (SSSR count). The summed E-state index contributed by atoms with van der Waals surface area (Å²) in [4.78, 5) is 4.20. The predicted octanol–water partition coefficient (Wildman–Crippen LogP) is 3.21. The van der Waals surface area contributed by atoms with E-state index in [1.165, 1.54) is 6.07 Å². The third-order valence-electron chi connectivity index (χ3n) is 4.40. The van der Waals surface area contributed by atoms with E-state index in [1.54, 1.807) is 7.05 Å². The maximum absolute atomic E-state index is 13.1. The molecule has 0 aliphatic heterocycles. The van der Waals surface area contributed by atoms with Crippen LogP contribution >= 0.6 is 24.0 Å². The van der Waals surface area contributed by atoms with E-state index in [0.717, 1.165) is 37.8 Å². The van der Waals surface area contributed by atoms with Crippen LogP contribution in [0.15, 0.2) is 23.2 Å². The molecular formula is C18H28F2IN3O2S. The molecule has 154 valence electrons. The maximum Gasteiger partial charge on any atom is 0.191 e. The largest absolute Gasteiger partial charge is 0.492 e. The van der Waals surface area contributed by atoms with Crippen LogP contribution < -0.4 is 15.4 Å². The van der Waals surface area contributed by atoms with Gasteiger partial charge >= 0.3 is 0 Å². The van der Waals surface area contributed by atoms with Gasteiger partial charge in [0.1, 0.15) is 12.4 Å². The van der Waals surface area contributed by atoms with Gasteiger partial charge in [0.2, 0.25) is 0 Å². The lowest BCUT2D eigenvalue weighted by Crippen LogP contribution is -2.47. The molecule has 3 unspecified atom stereocenters. The number of hydrogen-bond acceptors (Lipinski definition) is 3. The van der Waals surface area contributed by atoms with E-state index in [9.17, 15) is 13.0 Å². The molecule has 1 aromatic carbocycles. The normalized spacial score (nSPS) is 21.1. The molecule has 1 aromatic rings. The van der Waals surface area contributed by atoms with Crippen molar-refractivity contribution < 1.29 is 17.7 Å². The Morgan fingerprint density at radius 1 is 1.33 bits per heavy atom. The fourth-order valence-electron chi connectivity index (χ4n) is 3.04. The predicted molar refractivity (Wildman–Crippen MR) is 116 cm³/mol. The second-order valence-corrected chi connectivity index (χ2v) is 8.23. The molecule has 0 heterocycles. The summed E-state index contributed by atoms with van der Waals surface area (Å²) in [5.41, 5.74) is 0. The number of nitrogens with one attached hydrogen (secondary N) is 2. The van der Waals surface area contributed by atoms with Crippen LogP contribution in [0, 0.1) is 11.6 Å². The van der Waals surface area contributed by atoms with Crippen LogP contribution in [-0.4, -0.2) is 47.4 Å². The lowest BCUT2D eigenvalue weighted by molar-refractivity contribution is 0.318. The van der Waals surface area contributed by atoms with Crippen LogP contribution in [0.2, 0.25) is 0 Å². The smallest absolute Gasteiger partial charge is 0.191 e. The van der Waals surface area contributed by atoms with Crippen molar-refractivity contribution in [1.29, 1.82) is 0 Å². The van der Waals surface area contributed by atoms with E-state index in [2.05, 4.69) is 15.6 Å². The van der Waals surface area contributed by atoms with Gasteiger partial charge in [-0.25, -0.2) is 8.78 Å². The van der Waals surface area contributed by atoms with Gasteiger partial charge in [0, 0.05) is 41.0 Å². The van der Waals surface area contributed by atoms with Gasteiger partial charge in [0.15, 0.2) is 17.6 Å². The molecule has 3 atom stereocenters. The number of benzene rings is 1. The Morgan fingerprint density at radius 3 is 2.78 bits per heavy atom. The molecule has 0 spiro atoms. The number of hydrogen-bond donors (Lipinski definition) is 2. The highest BCUT2D eigenvalue weighted by Gasteiger charge is 2.25. The average Bonchev–Trinajstić information content (AvgIpc) is 2.66. The number of halogens is 3. The Labute approximate surface area is 179 Å². The highest BCUT2D eigenvalue weighted by Crippen LogP contribution is 2.23. The molecule has 1 fully saturated rings. The number of guanidine groups is 1. The molecule has 27 heavy (non-hydrogen) atoms. The van der Waals surface area contributed by atoms with Crippen LogP contribution in [0.25, 0.3) is 0 Å². The Morgan fingerprint density at radius 2 is 2.11 bits per heavy atom. The van der Waals surface area contributed by atoms with E-state index < -0.39 is 22.4 Å². The standard InChI is InChI=1S/C18H27F2N3O2S.HI/c1-3-26(24)15-6-4-5-13(11-15)23-18(21-2)22-9-10-25-14-7-8-16(19)17(20)12-14;/h7-8,12-13,15H,3-6,9-11H2,1-2H3,(H2,21,22,23);1H. The minimum absolute atomic E-state index is 0. The summed E-state index contributed by atoms with van der Waals surface area (Å²) in [7, 11) is 0.930. The molecule has 1 aliphatic rings. The van der Waals surface area contributed by atoms with Crippen LogP contribution in [-0.2, 0) is 10.8 Å². The second-order valence-electron chi connectivity index (χ2n) is 6.22.